The van der Waals surface area contributed by atoms with Crippen LogP contribution in [0.2, 0.25) is 0 Å². The van der Waals surface area contributed by atoms with E-state index in [-0.39, 0.29) is 11.3 Å². The van der Waals surface area contributed by atoms with Crippen molar-refractivity contribution in [2.75, 3.05) is 5.73 Å². The van der Waals surface area contributed by atoms with Crippen molar-refractivity contribution in [3.8, 4) is 11.3 Å². The molecule has 4 heteroatoms. The molecule has 1 heterocycles. The number of pyridine rings is 1. The van der Waals surface area contributed by atoms with Gasteiger partial charge in [-0.3, -0.25) is 4.98 Å². The van der Waals surface area contributed by atoms with E-state index in [1.54, 1.807) is 19.9 Å². The molecule has 0 aliphatic carbocycles. The first-order valence-corrected chi connectivity index (χ1v) is 5.18. The van der Waals surface area contributed by atoms with Crippen LogP contribution in [0.15, 0.2) is 24.4 Å². The maximum Gasteiger partial charge on any atom is 0.138 e. The van der Waals surface area contributed by atoms with E-state index in [0.717, 1.165) is 5.56 Å². The van der Waals surface area contributed by atoms with Gasteiger partial charge >= 0.3 is 0 Å². The summed E-state index contributed by atoms with van der Waals surface area (Å²) in [5, 5.41) is 0. The number of benzene rings is 1. The molecule has 17 heavy (non-hydrogen) atoms. The van der Waals surface area contributed by atoms with Crippen molar-refractivity contribution in [1.82, 2.24) is 4.98 Å². The molecule has 0 amide bonds. The second kappa shape index (κ2) is 4.13. The number of aryl methyl sites for hydroxylation is 2. The maximum absolute atomic E-state index is 13.9. The summed E-state index contributed by atoms with van der Waals surface area (Å²) in [6, 6.07) is 4.31. The van der Waals surface area contributed by atoms with E-state index in [2.05, 4.69) is 4.98 Å². The number of hydrogen-bond acceptors (Lipinski definition) is 2. The molecule has 2 N–H and O–H groups in total. The fourth-order valence-corrected chi connectivity index (χ4v) is 1.64. The van der Waals surface area contributed by atoms with Crippen molar-refractivity contribution in [2.24, 2.45) is 0 Å². The first-order chi connectivity index (χ1) is 8.02. The number of anilines is 1. The molecule has 0 fully saturated rings. The normalized spacial score (nSPS) is 10.6. The Morgan fingerprint density at radius 1 is 1.06 bits per heavy atom. The van der Waals surface area contributed by atoms with Crippen molar-refractivity contribution in [3.63, 3.8) is 0 Å². The van der Waals surface area contributed by atoms with Gasteiger partial charge in [0, 0.05) is 6.20 Å². The average Bonchev–Trinajstić information content (AvgIpc) is 2.30. The minimum absolute atomic E-state index is 0.156. The largest absolute Gasteiger partial charge is 0.397 e. The molecule has 2 rings (SSSR count). The lowest BCUT2D eigenvalue weighted by molar-refractivity contribution is 0.583. The number of nitrogens with two attached hydrogens (primary N) is 1. The Morgan fingerprint density at radius 3 is 2.47 bits per heavy atom. The van der Waals surface area contributed by atoms with Gasteiger partial charge in [-0.2, -0.15) is 0 Å². The van der Waals surface area contributed by atoms with Crippen molar-refractivity contribution < 1.29 is 8.78 Å². The van der Waals surface area contributed by atoms with Crippen LogP contribution >= 0.6 is 0 Å². The Labute approximate surface area is 98.1 Å². The Balaban J connectivity index is 2.77. The van der Waals surface area contributed by atoms with Crippen molar-refractivity contribution in [1.29, 1.82) is 0 Å². The number of hydrogen-bond donors (Lipinski definition) is 1. The number of nitrogens with zero attached hydrogens (tertiary/aromatic N) is 1. The van der Waals surface area contributed by atoms with E-state index in [1.807, 2.05) is 0 Å². The fourth-order valence-electron chi connectivity index (χ4n) is 1.64. The molecule has 1 aromatic carbocycles. The minimum atomic E-state index is -0.655. The number of aromatic nitrogens is 1. The quantitative estimate of drug-likeness (QED) is 0.822. The van der Waals surface area contributed by atoms with Crippen LogP contribution in [-0.4, -0.2) is 4.98 Å². The van der Waals surface area contributed by atoms with Crippen LogP contribution in [0.4, 0.5) is 14.5 Å². The molecular formula is C13H12F2N2. The average molecular weight is 234 g/mol. The first kappa shape index (κ1) is 11.5. The smallest absolute Gasteiger partial charge is 0.138 e. The topological polar surface area (TPSA) is 38.9 Å². The molecule has 0 unspecified atom stereocenters. The molecule has 0 spiro atoms. The van der Waals surface area contributed by atoms with Crippen molar-refractivity contribution >= 4 is 5.69 Å². The van der Waals surface area contributed by atoms with Gasteiger partial charge in [0.2, 0.25) is 0 Å². The maximum atomic E-state index is 13.9. The monoisotopic (exact) mass is 234 g/mol. The summed E-state index contributed by atoms with van der Waals surface area (Å²) in [7, 11) is 0. The van der Waals surface area contributed by atoms with Crippen LogP contribution in [0.1, 0.15) is 11.1 Å². The van der Waals surface area contributed by atoms with E-state index < -0.39 is 11.6 Å². The molecular weight excluding hydrogens is 222 g/mol. The molecule has 1 aromatic heterocycles. The zero-order chi connectivity index (χ0) is 12.6. The fraction of sp³-hybridized carbons (Fsp3) is 0.154. The zero-order valence-electron chi connectivity index (χ0n) is 9.59. The van der Waals surface area contributed by atoms with Gasteiger partial charge in [0.25, 0.3) is 0 Å². The third kappa shape index (κ3) is 1.86. The highest BCUT2D eigenvalue weighted by Gasteiger charge is 2.17. The molecule has 0 radical (unpaired) electrons. The standard InChI is InChI=1S/C13H12F2N2/c1-7-3-4-9(14)10(11(7)15)13-12(16)8(2)5-6-17-13/h3-6H,16H2,1-2H3. The zero-order valence-corrected chi connectivity index (χ0v) is 9.59. The Hall–Kier alpha value is -1.97. The van der Waals surface area contributed by atoms with Crippen LogP contribution in [0, 0.1) is 25.5 Å². The lowest BCUT2D eigenvalue weighted by Crippen LogP contribution is -2.01. The predicted molar refractivity (Wildman–Crippen MR) is 63.5 cm³/mol. The predicted octanol–water partition coefficient (Wildman–Crippen LogP) is 3.23. The molecule has 0 saturated heterocycles. The summed E-state index contributed by atoms with van der Waals surface area (Å²) in [6.45, 7) is 3.34. The van der Waals surface area contributed by atoms with Crippen LogP contribution in [0.3, 0.4) is 0 Å². The van der Waals surface area contributed by atoms with E-state index in [1.165, 1.54) is 18.3 Å². The molecule has 88 valence electrons. The van der Waals surface area contributed by atoms with Crippen LogP contribution in [-0.2, 0) is 0 Å². The first-order valence-electron chi connectivity index (χ1n) is 5.18. The van der Waals surface area contributed by atoms with E-state index in [9.17, 15) is 8.78 Å². The third-order valence-electron chi connectivity index (χ3n) is 2.73. The Kier molecular flexibility index (Phi) is 2.79. The summed E-state index contributed by atoms with van der Waals surface area (Å²) < 4.78 is 27.6. The molecule has 0 saturated carbocycles. The van der Waals surface area contributed by atoms with Gasteiger partial charge in [-0.1, -0.05) is 6.07 Å². The summed E-state index contributed by atoms with van der Waals surface area (Å²) in [5.74, 6) is -1.27. The molecule has 2 aromatic rings. The number of halogens is 2. The highest BCUT2D eigenvalue weighted by atomic mass is 19.1. The van der Waals surface area contributed by atoms with Gasteiger partial charge in [-0.25, -0.2) is 8.78 Å². The number of rotatable bonds is 1. The number of nitrogen functional groups attached to an aromatic ring is 1. The highest BCUT2D eigenvalue weighted by Crippen LogP contribution is 2.31. The summed E-state index contributed by atoms with van der Waals surface area (Å²) in [5.41, 5.74) is 7.21. The van der Waals surface area contributed by atoms with Gasteiger partial charge < -0.3 is 5.73 Å². The van der Waals surface area contributed by atoms with Crippen LogP contribution < -0.4 is 5.73 Å². The Morgan fingerprint density at radius 2 is 1.76 bits per heavy atom. The Bertz CT molecular complexity index is 580. The van der Waals surface area contributed by atoms with Gasteiger partial charge in [0.15, 0.2) is 0 Å². The van der Waals surface area contributed by atoms with Crippen LogP contribution in [0.5, 0.6) is 0 Å². The van der Waals surface area contributed by atoms with Gasteiger partial charge in [-0.15, -0.1) is 0 Å². The van der Waals surface area contributed by atoms with Crippen LogP contribution in [0.25, 0.3) is 11.3 Å². The highest BCUT2D eigenvalue weighted by molar-refractivity contribution is 5.75. The summed E-state index contributed by atoms with van der Waals surface area (Å²) in [4.78, 5) is 3.97. The lowest BCUT2D eigenvalue weighted by Gasteiger charge is -2.10. The van der Waals surface area contributed by atoms with E-state index in [4.69, 9.17) is 5.73 Å². The lowest BCUT2D eigenvalue weighted by atomic mass is 10.0. The third-order valence-corrected chi connectivity index (χ3v) is 2.73. The van der Waals surface area contributed by atoms with Gasteiger partial charge in [0.05, 0.1) is 16.9 Å². The molecule has 0 aliphatic heterocycles. The molecule has 0 bridgehead atoms. The van der Waals surface area contributed by atoms with Crippen molar-refractivity contribution in [3.05, 3.63) is 47.2 Å². The summed E-state index contributed by atoms with van der Waals surface area (Å²) >= 11 is 0. The van der Waals surface area contributed by atoms with E-state index >= 15 is 0 Å². The van der Waals surface area contributed by atoms with E-state index in [0.29, 0.717) is 11.3 Å². The second-order valence-corrected chi connectivity index (χ2v) is 3.94. The molecule has 2 nitrogen and oxygen atoms in total. The SMILES string of the molecule is Cc1ccnc(-c2c(F)ccc(C)c2F)c1N. The molecule has 0 aliphatic rings. The second-order valence-electron chi connectivity index (χ2n) is 3.94. The minimum Gasteiger partial charge on any atom is -0.397 e. The summed E-state index contributed by atoms with van der Waals surface area (Å²) in [6.07, 6.45) is 1.49. The molecule has 0 atom stereocenters. The van der Waals surface area contributed by atoms with Crippen molar-refractivity contribution in [2.45, 2.75) is 13.8 Å². The van der Waals surface area contributed by atoms with Gasteiger partial charge in [-0.05, 0) is 37.1 Å². The van der Waals surface area contributed by atoms with Gasteiger partial charge in [0.1, 0.15) is 11.6 Å².